The van der Waals surface area contributed by atoms with Crippen LogP contribution in [0.4, 0.5) is 21.5 Å². The molecule has 1 aliphatic carbocycles. The standard InChI is InChI=1S/C17H16FN3O5/c1-9-11(8-22)6-15(20(23)24)16(17(9)21(25)26)19-14-5-3-10-2-4-12(18)7-13(10)14/h2,4,6-7,14,19,22H,3,5,8H2,1H3. The molecule has 0 heterocycles. The van der Waals surface area contributed by atoms with E-state index in [4.69, 9.17) is 0 Å². The van der Waals surface area contributed by atoms with Gasteiger partial charge in [-0.05, 0) is 48.6 Å². The Morgan fingerprint density at radius 2 is 2.00 bits per heavy atom. The summed E-state index contributed by atoms with van der Waals surface area (Å²) < 4.78 is 13.6. The van der Waals surface area contributed by atoms with E-state index in [1.807, 2.05) is 0 Å². The highest BCUT2D eigenvalue weighted by molar-refractivity contribution is 5.78. The van der Waals surface area contributed by atoms with E-state index < -0.39 is 39.7 Å². The van der Waals surface area contributed by atoms with E-state index in [0.29, 0.717) is 18.4 Å². The van der Waals surface area contributed by atoms with Gasteiger partial charge < -0.3 is 10.4 Å². The number of hydrogen-bond donors (Lipinski definition) is 2. The number of nitro groups is 2. The minimum absolute atomic E-state index is 0.117. The van der Waals surface area contributed by atoms with Crippen molar-refractivity contribution in [3.8, 4) is 0 Å². The molecule has 136 valence electrons. The first-order valence-electron chi connectivity index (χ1n) is 7.94. The van der Waals surface area contributed by atoms with Gasteiger partial charge in [0.15, 0.2) is 5.69 Å². The molecule has 1 atom stereocenters. The Balaban J connectivity index is 2.14. The van der Waals surface area contributed by atoms with Gasteiger partial charge in [-0.3, -0.25) is 20.2 Å². The summed E-state index contributed by atoms with van der Waals surface area (Å²) >= 11 is 0. The van der Waals surface area contributed by atoms with E-state index in [-0.39, 0.29) is 16.8 Å². The van der Waals surface area contributed by atoms with Gasteiger partial charge >= 0.3 is 5.69 Å². The molecule has 9 heteroatoms. The van der Waals surface area contributed by atoms with Crippen LogP contribution in [-0.2, 0) is 13.0 Å². The van der Waals surface area contributed by atoms with Crippen molar-refractivity contribution in [2.75, 3.05) is 5.32 Å². The number of fused-ring (bicyclic) bond motifs is 1. The number of nitrogens with zero attached hydrogens (tertiary/aromatic N) is 2. The summed E-state index contributed by atoms with van der Waals surface area (Å²) in [7, 11) is 0. The Kier molecular flexibility index (Phi) is 4.56. The summed E-state index contributed by atoms with van der Waals surface area (Å²) in [4.78, 5) is 21.6. The molecule has 0 saturated carbocycles. The van der Waals surface area contributed by atoms with Gasteiger partial charge in [0.2, 0.25) is 0 Å². The molecule has 1 unspecified atom stereocenters. The SMILES string of the molecule is Cc1c(CO)cc([N+](=O)[O-])c(NC2CCc3ccc(F)cc32)c1[N+](=O)[O-]. The van der Waals surface area contributed by atoms with Gasteiger partial charge in [0.25, 0.3) is 5.69 Å². The van der Waals surface area contributed by atoms with Gasteiger partial charge in [-0.2, -0.15) is 0 Å². The van der Waals surface area contributed by atoms with Gasteiger partial charge in [-0.15, -0.1) is 0 Å². The van der Waals surface area contributed by atoms with E-state index in [0.717, 1.165) is 11.6 Å². The van der Waals surface area contributed by atoms with E-state index in [1.165, 1.54) is 19.1 Å². The fourth-order valence-electron chi connectivity index (χ4n) is 3.38. The molecule has 0 amide bonds. The number of aliphatic hydroxyl groups is 1. The quantitative estimate of drug-likeness (QED) is 0.621. The van der Waals surface area contributed by atoms with E-state index in [2.05, 4.69) is 5.32 Å². The Bertz CT molecular complexity index is 916. The van der Waals surface area contributed by atoms with E-state index in [1.54, 1.807) is 6.07 Å². The molecule has 8 nitrogen and oxygen atoms in total. The van der Waals surface area contributed by atoms with Crippen LogP contribution >= 0.6 is 0 Å². The van der Waals surface area contributed by atoms with Crippen LogP contribution in [0.5, 0.6) is 0 Å². The number of anilines is 1. The molecule has 0 fully saturated rings. The molecule has 2 N–H and O–H groups in total. The van der Waals surface area contributed by atoms with Gasteiger partial charge in [-0.1, -0.05) is 6.07 Å². The monoisotopic (exact) mass is 361 g/mol. The van der Waals surface area contributed by atoms with Crippen molar-refractivity contribution in [3.63, 3.8) is 0 Å². The molecular weight excluding hydrogens is 345 g/mol. The Hall–Kier alpha value is -3.07. The van der Waals surface area contributed by atoms with Gasteiger partial charge in [0, 0.05) is 11.6 Å². The second-order valence-electron chi connectivity index (χ2n) is 6.15. The van der Waals surface area contributed by atoms with Gasteiger partial charge in [-0.25, -0.2) is 4.39 Å². The average Bonchev–Trinajstić information content (AvgIpc) is 2.96. The average molecular weight is 361 g/mol. The highest BCUT2D eigenvalue weighted by Gasteiger charge is 2.33. The molecule has 0 aliphatic heterocycles. The van der Waals surface area contributed by atoms with Crippen molar-refractivity contribution in [3.05, 3.63) is 72.6 Å². The lowest BCUT2D eigenvalue weighted by Gasteiger charge is -2.17. The minimum atomic E-state index is -0.727. The van der Waals surface area contributed by atoms with Crippen molar-refractivity contribution in [2.24, 2.45) is 0 Å². The first-order chi connectivity index (χ1) is 12.3. The normalized spacial score (nSPS) is 15.6. The number of halogens is 1. The number of rotatable bonds is 5. The second kappa shape index (κ2) is 6.68. The van der Waals surface area contributed by atoms with Crippen molar-refractivity contribution >= 4 is 17.1 Å². The largest absolute Gasteiger partial charge is 0.392 e. The summed E-state index contributed by atoms with van der Waals surface area (Å²) in [6.45, 7) is 0.881. The summed E-state index contributed by atoms with van der Waals surface area (Å²) in [5.74, 6) is -0.437. The van der Waals surface area contributed by atoms with Crippen LogP contribution in [0.25, 0.3) is 0 Å². The number of hydrogen-bond acceptors (Lipinski definition) is 6. The fraction of sp³-hybridized carbons (Fsp3) is 0.294. The predicted molar refractivity (Wildman–Crippen MR) is 91.5 cm³/mol. The summed E-state index contributed by atoms with van der Waals surface area (Å²) in [6, 6.07) is 4.98. The molecule has 2 aromatic carbocycles. The summed E-state index contributed by atoms with van der Waals surface area (Å²) in [5.41, 5.74) is 0.645. The first-order valence-corrected chi connectivity index (χ1v) is 7.94. The molecule has 0 radical (unpaired) electrons. The Labute approximate surface area is 147 Å². The first kappa shape index (κ1) is 17.7. The summed E-state index contributed by atoms with van der Waals surface area (Å²) in [5, 5.41) is 35.3. The molecular formula is C17H16FN3O5. The van der Waals surface area contributed by atoms with Crippen molar-refractivity contribution < 1.29 is 19.3 Å². The molecule has 2 aromatic rings. The molecule has 0 spiro atoms. The zero-order valence-electron chi connectivity index (χ0n) is 13.9. The van der Waals surface area contributed by atoms with Gasteiger partial charge in [0.05, 0.1) is 22.5 Å². The van der Waals surface area contributed by atoms with Crippen LogP contribution < -0.4 is 5.32 Å². The highest BCUT2D eigenvalue weighted by atomic mass is 19.1. The van der Waals surface area contributed by atoms with Crippen molar-refractivity contribution in [1.82, 2.24) is 0 Å². The van der Waals surface area contributed by atoms with E-state index in [9.17, 15) is 29.7 Å². The zero-order valence-corrected chi connectivity index (χ0v) is 13.9. The molecule has 0 saturated heterocycles. The predicted octanol–water partition coefficient (Wildman–Crippen LogP) is 3.54. The van der Waals surface area contributed by atoms with E-state index >= 15 is 0 Å². The maximum atomic E-state index is 13.6. The molecule has 26 heavy (non-hydrogen) atoms. The third-order valence-electron chi connectivity index (χ3n) is 4.69. The van der Waals surface area contributed by atoms with Crippen LogP contribution in [0.3, 0.4) is 0 Å². The fourth-order valence-corrected chi connectivity index (χ4v) is 3.38. The smallest absolute Gasteiger partial charge is 0.302 e. The highest BCUT2D eigenvalue weighted by Crippen LogP contribution is 2.43. The number of benzene rings is 2. The van der Waals surface area contributed by atoms with Gasteiger partial charge in [0.1, 0.15) is 5.82 Å². The maximum Gasteiger partial charge on any atom is 0.302 e. The lowest BCUT2D eigenvalue weighted by Crippen LogP contribution is -2.13. The van der Waals surface area contributed by atoms with Crippen LogP contribution in [0.2, 0.25) is 0 Å². The number of aryl methyl sites for hydroxylation is 1. The Morgan fingerprint density at radius 3 is 2.62 bits per heavy atom. The minimum Gasteiger partial charge on any atom is -0.392 e. The lowest BCUT2D eigenvalue weighted by molar-refractivity contribution is -0.392. The van der Waals surface area contributed by atoms with Crippen LogP contribution in [0, 0.1) is 33.0 Å². The number of aliphatic hydroxyl groups excluding tert-OH is 1. The number of nitro benzene ring substituents is 2. The van der Waals surface area contributed by atoms with Crippen LogP contribution in [-0.4, -0.2) is 15.0 Å². The summed E-state index contributed by atoms with van der Waals surface area (Å²) in [6.07, 6.45) is 1.18. The molecule has 1 aliphatic rings. The van der Waals surface area contributed by atoms with Crippen molar-refractivity contribution in [1.29, 1.82) is 0 Å². The third kappa shape index (κ3) is 2.97. The lowest BCUT2D eigenvalue weighted by atomic mass is 10.0. The molecule has 0 bridgehead atoms. The molecule has 3 rings (SSSR count). The Morgan fingerprint density at radius 1 is 1.27 bits per heavy atom. The number of nitrogens with one attached hydrogen (secondary N) is 1. The zero-order chi connectivity index (χ0) is 19.0. The maximum absolute atomic E-state index is 13.6. The third-order valence-corrected chi connectivity index (χ3v) is 4.69. The second-order valence-corrected chi connectivity index (χ2v) is 6.15. The topological polar surface area (TPSA) is 119 Å². The van der Waals surface area contributed by atoms with Crippen molar-refractivity contribution in [2.45, 2.75) is 32.4 Å². The van der Waals surface area contributed by atoms with Crippen LogP contribution in [0.1, 0.15) is 34.7 Å². The van der Waals surface area contributed by atoms with Crippen LogP contribution in [0.15, 0.2) is 24.3 Å². The molecule has 0 aromatic heterocycles.